The quantitative estimate of drug-likeness (QED) is 0.778. The van der Waals surface area contributed by atoms with Gasteiger partial charge in [0.2, 0.25) is 6.29 Å². The lowest BCUT2D eigenvalue weighted by Gasteiger charge is -2.33. The predicted octanol–water partition coefficient (Wildman–Crippen LogP) is 1.96. The third-order valence-corrected chi connectivity index (χ3v) is 3.22. The Morgan fingerprint density at radius 2 is 2.38 bits per heavy atom. The molecule has 1 N–H and O–H groups in total. The number of hydrogen-bond donors (Lipinski definition) is 1. The second-order valence-corrected chi connectivity index (χ2v) is 4.69. The summed E-state index contributed by atoms with van der Waals surface area (Å²) in [6, 6.07) is 0. The first-order chi connectivity index (χ1) is 7.70. The molecule has 1 aromatic heterocycles. The molecule has 0 bridgehead atoms. The predicted molar refractivity (Wildman–Crippen MR) is 60.7 cm³/mol. The molecule has 90 valence electrons. The molecule has 0 spiro atoms. The molecule has 0 amide bonds. The highest BCUT2D eigenvalue weighted by atomic mass is 16.6. The first-order valence-corrected chi connectivity index (χ1v) is 6.01. The Balaban J connectivity index is 1.96. The topological polar surface area (TPSA) is 47.3 Å². The highest BCUT2D eigenvalue weighted by Crippen LogP contribution is 2.34. The summed E-state index contributed by atoms with van der Waals surface area (Å²) in [5.41, 5.74) is 0. The van der Waals surface area contributed by atoms with E-state index in [0.717, 1.165) is 18.4 Å². The van der Waals surface area contributed by atoms with E-state index in [1.807, 2.05) is 17.7 Å². The molecular formula is C12H20N2O2. The number of rotatable bonds is 5. The summed E-state index contributed by atoms with van der Waals surface area (Å²) in [7, 11) is 0. The van der Waals surface area contributed by atoms with Gasteiger partial charge in [0.1, 0.15) is 0 Å². The number of hydrogen-bond acceptors (Lipinski definition) is 3. The van der Waals surface area contributed by atoms with E-state index >= 15 is 0 Å². The molecule has 1 fully saturated rings. The van der Waals surface area contributed by atoms with Gasteiger partial charge in [0, 0.05) is 25.5 Å². The third kappa shape index (κ3) is 2.44. The van der Waals surface area contributed by atoms with E-state index in [1.54, 1.807) is 6.20 Å². The van der Waals surface area contributed by atoms with Crippen LogP contribution < -0.4 is 0 Å². The number of nitrogens with zero attached hydrogens (tertiary/aromatic N) is 2. The van der Waals surface area contributed by atoms with Crippen LogP contribution in [-0.4, -0.2) is 21.3 Å². The molecule has 16 heavy (non-hydrogen) atoms. The number of aromatic nitrogens is 2. The molecule has 1 unspecified atom stereocenters. The maximum absolute atomic E-state index is 9.74. The van der Waals surface area contributed by atoms with Crippen molar-refractivity contribution in [2.24, 2.45) is 11.8 Å². The summed E-state index contributed by atoms with van der Waals surface area (Å²) >= 11 is 0. The van der Waals surface area contributed by atoms with E-state index in [4.69, 9.17) is 4.74 Å². The average molecular weight is 224 g/mol. The van der Waals surface area contributed by atoms with Crippen molar-refractivity contribution in [2.45, 2.75) is 39.5 Å². The van der Waals surface area contributed by atoms with E-state index in [-0.39, 0.29) is 0 Å². The molecule has 0 aromatic carbocycles. The van der Waals surface area contributed by atoms with Crippen molar-refractivity contribution >= 4 is 0 Å². The summed E-state index contributed by atoms with van der Waals surface area (Å²) < 4.78 is 7.16. The van der Waals surface area contributed by atoms with Gasteiger partial charge < -0.3 is 14.4 Å². The molecular weight excluding hydrogens is 204 g/mol. The fourth-order valence-corrected chi connectivity index (χ4v) is 2.43. The summed E-state index contributed by atoms with van der Waals surface area (Å²) in [5.74, 6) is 2.21. The average Bonchev–Trinajstić information content (AvgIpc) is 2.64. The van der Waals surface area contributed by atoms with Crippen LogP contribution in [0.1, 0.15) is 38.8 Å². The van der Waals surface area contributed by atoms with Gasteiger partial charge in [-0.15, -0.1) is 0 Å². The van der Waals surface area contributed by atoms with Gasteiger partial charge in [0.25, 0.3) is 0 Å². The zero-order chi connectivity index (χ0) is 11.5. The van der Waals surface area contributed by atoms with E-state index in [0.29, 0.717) is 12.4 Å². The van der Waals surface area contributed by atoms with E-state index in [1.165, 1.54) is 12.8 Å². The fraction of sp³-hybridized carbons (Fsp3) is 0.750. The van der Waals surface area contributed by atoms with Crippen molar-refractivity contribution < 1.29 is 9.84 Å². The van der Waals surface area contributed by atoms with E-state index in [2.05, 4.69) is 11.9 Å². The molecule has 0 radical (unpaired) electrons. The van der Waals surface area contributed by atoms with Crippen LogP contribution in [0.3, 0.4) is 0 Å². The first kappa shape index (κ1) is 11.6. The van der Waals surface area contributed by atoms with Gasteiger partial charge in [0.05, 0.1) is 0 Å². The number of imidazole rings is 1. The van der Waals surface area contributed by atoms with Crippen LogP contribution >= 0.6 is 0 Å². The van der Waals surface area contributed by atoms with Gasteiger partial charge in [0.15, 0.2) is 5.82 Å². The SMILES string of the molecule is CCOC(O)c1nccn1CC1CC(C)C1. The van der Waals surface area contributed by atoms with Crippen LogP contribution in [0.2, 0.25) is 0 Å². The van der Waals surface area contributed by atoms with Gasteiger partial charge in [-0.25, -0.2) is 4.98 Å². The largest absolute Gasteiger partial charge is 0.362 e. The Kier molecular flexibility index (Phi) is 3.61. The Hall–Kier alpha value is -0.870. The van der Waals surface area contributed by atoms with Gasteiger partial charge in [-0.1, -0.05) is 6.92 Å². The maximum atomic E-state index is 9.74. The highest BCUT2D eigenvalue weighted by Gasteiger charge is 2.26. The minimum Gasteiger partial charge on any atom is -0.362 e. The Morgan fingerprint density at radius 1 is 1.62 bits per heavy atom. The first-order valence-electron chi connectivity index (χ1n) is 6.01. The van der Waals surface area contributed by atoms with E-state index in [9.17, 15) is 5.11 Å². The normalized spacial score (nSPS) is 26.4. The van der Waals surface area contributed by atoms with Crippen LogP contribution in [0, 0.1) is 11.8 Å². The smallest absolute Gasteiger partial charge is 0.214 e. The highest BCUT2D eigenvalue weighted by molar-refractivity contribution is 4.95. The maximum Gasteiger partial charge on any atom is 0.214 e. The zero-order valence-electron chi connectivity index (χ0n) is 9.97. The minimum atomic E-state index is -0.891. The number of aliphatic hydroxyl groups excluding tert-OH is 1. The molecule has 0 saturated heterocycles. The lowest BCUT2D eigenvalue weighted by molar-refractivity contribution is -0.106. The van der Waals surface area contributed by atoms with Gasteiger partial charge in [-0.05, 0) is 31.6 Å². The Labute approximate surface area is 96.3 Å². The summed E-state index contributed by atoms with van der Waals surface area (Å²) in [5, 5.41) is 9.74. The summed E-state index contributed by atoms with van der Waals surface area (Å²) in [4.78, 5) is 4.15. The second kappa shape index (κ2) is 4.97. The van der Waals surface area contributed by atoms with Crippen molar-refractivity contribution in [2.75, 3.05) is 6.61 Å². The molecule has 1 aliphatic rings. The summed E-state index contributed by atoms with van der Waals surface area (Å²) in [6.45, 7) is 5.59. The fourth-order valence-electron chi connectivity index (χ4n) is 2.43. The number of aliphatic hydroxyl groups is 1. The molecule has 1 heterocycles. The standard InChI is InChI=1S/C12H20N2O2/c1-3-16-12(15)11-13-4-5-14(11)8-10-6-9(2)7-10/h4-5,9-10,12,15H,3,6-8H2,1-2H3. The van der Waals surface area contributed by atoms with Crippen molar-refractivity contribution in [3.8, 4) is 0 Å². The van der Waals surface area contributed by atoms with Crippen molar-refractivity contribution in [3.05, 3.63) is 18.2 Å². The number of ether oxygens (including phenoxy) is 1. The van der Waals surface area contributed by atoms with Crippen molar-refractivity contribution in [3.63, 3.8) is 0 Å². The van der Waals surface area contributed by atoms with Crippen LogP contribution in [0.4, 0.5) is 0 Å². The van der Waals surface area contributed by atoms with Crippen LogP contribution in [-0.2, 0) is 11.3 Å². The molecule has 4 nitrogen and oxygen atoms in total. The molecule has 1 aromatic rings. The molecule has 0 aliphatic heterocycles. The van der Waals surface area contributed by atoms with Crippen LogP contribution in [0.5, 0.6) is 0 Å². The Morgan fingerprint density at radius 3 is 3.00 bits per heavy atom. The second-order valence-electron chi connectivity index (χ2n) is 4.69. The monoisotopic (exact) mass is 224 g/mol. The molecule has 1 saturated carbocycles. The van der Waals surface area contributed by atoms with Crippen LogP contribution in [0.25, 0.3) is 0 Å². The van der Waals surface area contributed by atoms with E-state index < -0.39 is 6.29 Å². The minimum absolute atomic E-state index is 0.495. The summed E-state index contributed by atoms with van der Waals surface area (Å²) in [6.07, 6.45) is 5.31. The molecule has 4 heteroatoms. The Bertz CT molecular complexity index is 332. The lowest BCUT2D eigenvalue weighted by atomic mass is 9.76. The van der Waals surface area contributed by atoms with Gasteiger partial charge in [-0.3, -0.25) is 0 Å². The molecule has 1 aliphatic carbocycles. The van der Waals surface area contributed by atoms with Crippen LogP contribution in [0.15, 0.2) is 12.4 Å². The van der Waals surface area contributed by atoms with Gasteiger partial charge in [-0.2, -0.15) is 0 Å². The lowest BCUT2D eigenvalue weighted by Crippen LogP contribution is -2.26. The van der Waals surface area contributed by atoms with Gasteiger partial charge >= 0.3 is 0 Å². The van der Waals surface area contributed by atoms with Crippen molar-refractivity contribution in [1.29, 1.82) is 0 Å². The van der Waals surface area contributed by atoms with Crippen molar-refractivity contribution in [1.82, 2.24) is 9.55 Å². The third-order valence-electron chi connectivity index (χ3n) is 3.22. The molecule has 2 rings (SSSR count). The molecule has 1 atom stereocenters. The zero-order valence-corrected chi connectivity index (χ0v) is 9.97.